The molecule has 0 radical (unpaired) electrons. The Morgan fingerprint density at radius 1 is 1.16 bits per heavy atom. The van der Waals surface area contributed by atoms with Gasteiger partial charge in [-0.15, -0.1) is 11.3 Å². The molecular weight excluding hydrogens is 398 g/mol. The lowest BCUT2D eigenvalue weighted by Gasteiger charge is -2.07. The summed E-state index contributed by atoms with van der Waals surface area (Å²) in [7, 11) is 0. The van der Waals surface area contributed by atoms with Crippen LogP contribution in [0.4, 0.5) is 0 Å². The number of hydrogen-bond acceptors (Lipinski definition) is 4. The predicted octanol–water partition coefficient (Wildman–Crippen LogP) is 4.84. The zero-order valence-corrected chi connectivity index (χ0v) is 16.6. The van der Waals surface area contributed by atoms with Crippen molar-refractivity contribution in [1.82, 2.24) is 4.68 Å². The van der Waals surface area contributed by atoms with Crippen molar-refractivity contribution in [2.24, 2.45) is 10.1 Å². The first-order chi connectivity index (χ1) is 12.3. The Bertz CT molecular complexity index is 808. The first kappa shape index (κ1) is 17.2. The van der Waals surface area contributed by atoms with Gasteiger partial charge >= 0.3 is 0 Å². The summed E-state index contributed by atoms with van der Waals surface area (Å²) in [6.07, 6.45) is 7.24. The van der Waals surface area contributed by atoms with Gasteiger partial charge in [0.2, 0.25) is 4.80 Å². The van der Waals surface area contributed by atoms with Crippen LogP contribution in [0.5, 0.6) is 0 Å². The second kappa shape index (κ2) is 7.98. The van der Waals surface area contributed by atoms with E-state index in [4.69, 9.17) is 14.8 Å². The number of thiazole rings is 1. The van der Waals surface area contributed by atoms with Gasteiger partial charge in [-0.1, -0.05) is 28.1 Å². The summed E-state index contributed by atoms with van der Waals surface area (Å²) in [6, 6.07) is 8.40. The van der Waals surface area contributed by atoms with Crippen LogP contribution in [0.3, 0.4) is 0 Å². The van der Waals surface area contributed by atoms with Crippen LogP contribution in [-0.4, -0.2) is 29.6 Å². The summed E-state index contributed by atoms with van der Waals surface area (Å²) in [4.78, 5) is 5.80. The fourth-order valence-corrected chi connectivity index (χ4v) is 4.42. The molecule has 0 N–H and O–H groups in total. The van der Waals surface area contributed by atoms with Crippen LogP contribution in [0.1, 0.15) is 38.5 Å². The summed E-state index contributed by atoms with van der Waals surface area (Å²) in [5.74, 6) is 0. The molecule has 0 unspecified atom stereocenters. The van der Waals surface area contributed by atoms with E-state index in [9.17, 15) is 0 Å². The maximum atomic E-state index is 5.71. The molecule has 6 heteroatoms. The fraction of sp³-hybridized carbons (Fsp3) is 0.474. The van der Waals surface area contributed by atoms with Gasteiger partial charge in [0.1, 0.15) is 0 Å². The standard InChI is InChI=1S/C19H22BrN3OS/c20-15-9-7-14(8-10-15)18-13-25-19(21-12-17-6-3-11-24-17)23(18)22-16-4-1-2-5-16/h7-10,13,17H,1-6,11-12H2/t17-/m1/s1. The molecule has 25 heavy (non-hydrogen) atoms. The molecule has 1 aliphatic carbocycles. The molecule has 0 bridgehead atoms. The van der Waals surface area contributed by atoms with Crippen LogP contribution >= 0.6 is 27.3 Å². The average molecular weight is 420 g/mol. The Morgan fingerprint density at radius 2 is 1.96 bits per heavy atom. The van der Waals surface area contributed by atoms with Crippen LogP contribution in [0, 0.1) is 0 Å². The SMILES string of the molecule is Brc1ccc(-c2csc(=NC[C@H]3CCCO3)n2N=C2CCCC2)cc1. The van der Waals surface area contributed by atoms with Crippen LogP contribution in [0.25, 0.3) is 11.3 Å². The van der Waals surface area contributed by atoms with E-state index in [1.807, 2.05) is 4.68 Å². The Kier molecular flexibility index (Phi) is 5.48. The lowest BCUT2D eigenvalue weighted by atomic mass is 10.2. The van der Waals surface area contributed by atoms with Gasteiger partial charge in [0, 0.05) is 27.7 Å². The highest BCUT2D eigenvalue weighted by molar-refractivity contribution is 9.10. The molecule has 1 saturated carbocycles. The monoisotopic (exact) mass is 419 g/mol. The third-order valence-electron chi connectivity index (χ3n) is 4.70. The van der Waals surface area contributed by atoms with E-state index in [0.717, 1.165) is 53.8 Å². The summed E-state index contributed by atoms with van der Waals surface area (Å²) in [5, 5.41) is 7.12. The van der Waals surface area contributed by atoms with Crippen LogP contribution in [0.2, 0.25) is 0 Å². The molecule has 0 amide bonds. The lowest BCUT2D eigenvalue weighted by Crippen LogP contribution is -2.18. The van der Waals surface area contributed by atoms with Crippen molar-refractivity contribution in [2.45, 2.75) is 44.6 Å². The number of nitrogens with zero attached hydrogens (tertiary/aromatic N) is 3. The molecule has 4 nitrogen and oxygen atoms in total. The average Bonchev–Trinajstić information content (AvgIpc) is 3.37. The molecular formula is C19H22BrN3OS. The summed E-state index contributed by atoms with van der Waals surface area (Å²) < 4.78 is 8.84. The smallest absolute Gasteiger partial charge is 0.206 e. The zero-order valence-electron chi connectivity index (χ0n) is 14.2. The van der Waals surface area contributed by atoms with Crippen molar-refractivity contribution in [3.8, 4) is 11.3 Å². The van der Waals surface area contributed by atoms with E-state index in [0.29, 0.717) is 0 Å². The van der Waals surface area contributed by atoms with Gasteiger partial charge in [0.05, 0.1) is 18.3 Å². The minimum absolute atomic E-state index is 0.269. The maximum absolute atomic E-state index is 5.71. The van der Waals surface area contributed by atoms with Crippen molar-refractivity contribution < 1.29 is 4.74 Å². The van der Waals surface area contributed by atoms with E-state index in [1.54, 1.807) is 11.3 Å². The molecule has 2 heterocycles. The Hall–Kier alpha value is -1.24. The molecule has 2 fully saturated rings. The molecule has 132 valence electrons. The Labute approximate surface area is 160 Å². The van der Waals surface area contributed by atoms with Crippen molar-refractivity contribution in [2.75, 3.05) is 13.2 Å². The van der Waals surface area contributed by atoms with Gasteiger partial charge in [-0.25, -0.2) is 4.68 Å². The van der Waals surface area contributed by atoms with E-state index < -0.39 is 0 Å². The van der Waals surface area contributed by atoms with E-state index >= 15 is 0 Å². The third-order valence-corrected chi connectivity index (χ3v) is 6.08. The number of benzene rings is 1. The first-order valence-corrected chi connectivity index (χ1v) is 10.6. The van der Waals surface area contributed by atoms with Gasteiger partial charge in [0.25, 0.3) is 0 Å². The Morgan fingerprint density at radius 3 is 2.68 bits per heavy atom. The molecule has 1 aromatic heterocycles. The number of halogens is 1. The van der Waals surface area contributed by atoms with Gasteiger partial charge in [-0.2, -0.15) is 5.10 Å². The predicted molar refractivity (Wildman–Crippen MR) is 106 cm³/mol. The van der Waals surface area contributed by atoms with Crippen molar-refractivity contribution in [1.29, 1.82) is 0 Å². The normalized spacial score (nSPS) is 21.2. The quantitative estimate of drug-likeness (QED) is 0.698. The largest absolute Gasteiger partial charge is 0.376 e. The number of rotatable bonds is 4. The molecule has 1 aromatic carbocycles. The second-order valence-electron chi connectivity index (χ2n) is 6.57. The van der Waals surface area contributed by atoms with Crippen LogP contribution < -0.4 is 4.80 Å². The van der Waals surface area contributed by atoms with Gasteiger partial charge in [0.15, 0.2) is 0 Å². The molecule has 4 rings (SSSR count). The minimum Gasteiger partial charge on any atom is -0.376 e. The van der Waals surface area contributed by atoms with E-state index in [2.05, 4.69) is 45.6 Å². The van der Waals surface area contributed by atoms with Gasteiger partial charge in [-0.05, 0) is 50.7 Å². The molecule has 0 spiro atoms. The first-order valence-electron chi connectivity index (χ1n) is 8.95. The topological polar surface area (TPSA) is 38.9 Å². The lowest BCUT2D eigenvalue weighted by molar-refractivity contribution is 0.117. The van der Waals surface area contributed by atoms with Gasteiger partial charge < -0.3 is 4.74 Å². The molecule has 1 atom stereocenters. The highest BCUT2D eigenvalue weighted by Gasteiger charge is 2.16. The zero-order chi connectivity index (χ0) is 17.1. The highest BCUT2D eigenvalue weighted by atomic mass is 79.9. The number of ether oxygens (including phenoxy) is 1. The molecule has 2 aromatic rings. The molecule has 1 saturated heterocycles. The molecule has 1 aliphatic heterocycles. The highest BCUT2D eigenvalue weighted by Crippen LogP contribution is 2.24. The Balaban J connectivity index is 1.71. The van der Waals surface area contributed by atoms with Crippen molar-refractivity contribution >= 4 is 33.0 Å². The van der Waals surface area contributed by atoms with Crippen molar-refractivity contribution in [3.63, 3.8) is 0 Å². The van der Waals surface area contributed by atoms with Gasteiger partial charge in [-0.3, -0.25) is 4.99 Å². The maximum Gasteiger partial charge on any atom is 0.206 e. The minimum atomic E-state index is 0.269. The summed E-state index contributed by atoms with van der Waals surface area (Å²) in [5.41, 5.74) is 3.57. The van der Waals surface area contributed by atoms with Crippen LogP contribution in [0.15, 0.2) is 44.2 Å². The van der Waals surface area contributed by atoms with Crippen LogP contribution in [-0.2, 0) is 4.74 Å². The molecule has 2 aliphatic rings. The summed E-state index contributed by atoms with van der Waals surface area (Å²) >= 11 is 5.17. The van der Waals surface area contributed by atoms with E-state index in [-0.39, 0.29) is 6.10 Å². The third kappa shape index (κ3) is 4.13. The summed E-state index contributed by atoms with van der Waals surface area (Å²) in [6.45, 7) is 1.60. The van der Waals surface area contributed by atoms with Crippen molar-refractivity contribution in [3.05, 3.63) is 38.9 Å². The second-order valence-corrected chi connectivity index (χ2v) is 8.32. The number of aromatic nitrogens is 1. The number of hydrogen-bond donors (Lipinski definition) is 0. The fourth-order valence-electron chi connectivity index (χ4n) is 3.32. The van der Waals surface area contributed by atoms with E-state index in [1.165, 1.54) is 24.1 Å².